The van der Waals surface area contributed by atoms with Gasteiger partial charge in [0.2, 0.25) is 0 Å². The second-order valence-corrected chi connectivity index (χ2v) is 8.60. The van der Waals surface area contributed by atoms with Crippen LogP contribution in [0.5, 0.6) is 17.2 Å². The molecule has 0 radical (unpaired) electrons. The van der Waals surface area contributed by atoms with Crippen molar-refractivity contribution in [2.45, 2.75) is 20.1 Å². The number of methoxy groups -OCH3 is 1. The number of ether oxygens (including phenoxy) is 3. The van der Waals surface area contributed by atoms with Crippen molar-refractivity contribution in [2.75, 3.05) is 12.4 Å². The maximum absolute atomic E-state index is 12.9. The van der Waals surface area contributed by atoms with E-state index in [1.54, 1.807) is 49.6 Å². The van der Waals surface area contributed by atoms with Crippen molar-refractivity contribution in [1.29, 1.82) is 5.26 Å². The third-order valence-electron chi connectivity index (χ3n) is 5.72. The average Bonchev–Trinajstić information content (AvgIpc) is 2.95. The number of aryl methyl sites for hydroxylation is 1. The molecule has 1 N–H and O–H groups in total. The maximum Gasteiger partial charge on any atom is 0.266 e. The molecule has 190 valence electrons. The van der Waals surface area contributed by atoms with E-state index in [9.17, 15) is 10.1 Å². The topological polar surface area (TPSA) is 80.6 Å². The molecule has 0 heterocycles. The molecule has 6 nitrogen and oxygen atoms in total. The van der Waals surface area contributed by atoms with Crippen LogP contribution in [0.25, 0.3) is 6.08 Å². The SMILES string of the molecule is COc1ccc(/C=C(\C#N)C(=O)Nc2ccc(OCc3ccccc3)cc2)c(OCc2cccc(C)c2)c1. The molecule has 0 aromatic heterocycles. The Morgan fingerprint density at radius 3 is 2.26 bits per heavy atom. The fourth-order valence-electron chi connectivity index (χ4n) is 3.73. The van der Waals surface area contributed by atoms with Gasteiger partial charge in [-0.15, -0.1) is 0 Å². The average molecular weight is 505 g/mol. The molecule has 0 aliphatic carbocycles. The number of amides is 1. The number of hydrogen-bond acceptors (Lipinski definition) is 5. The van der Waals surface area contributed by atoms with Crippen molar-refractivity contribution in [3.05, 3.63) is 125 Å². The van der Waals surface area contributed by atoms with E-state index in [-0.39, 0.29) is 5.57 Å². The van der Waals surface area contributed by atoms with Crippen molar-refractivity contribution in [1.82, 2.24) is 0 Å². The van der Waals surface area contributed by atoms with Crippen molar-refractivity contribution >= 4 is 17.7 Å². The van der Waals surface area contributed by atoms with E-state index >= 15 is 0 Å². The lowest BCUT2D eigenvalue weighted by Crippen LogP contribution is -2.13. The number of hydrogen-bond donors (Lipinski definition) is 1. The van der Waals surface area contributed by atoms with Gasteiger partial charge in [-0.05, 0) is 60.5 Å². The van der Waals surface area contributed by atoms with Crippen molar-refractivity contribution < 1.29 is 19.0 Å². The Morgan fingerprint density at radius 1 is 0.842 bits per heavy atom. The Morgan fingerprint density at radius 2 is 1.55 bits per heavy atom. The second-order valence-electron chi connectivity index (χ2n) is 8.60. The molecular formula is C32H28N2O4. The first-order chi connectivity index (χ1) is 18.5. The Hall–Kier alpha value is -5.02. The number of carbonyl (C=O) groups excluding carboxylic acids is 1. The molecule has 0 aliphatic rings. The van der Waals surface area contributed by atoms with Crippen LogP contribution in [-0.2, 0) is 18.0 Å². The molecule has 4 rings (SSSR count). The highest BCUT2D eigenvalue weighted by Crippen LogP contribution is 2.28. The van der Waals surface area contributed by atoms with Gasteiger partial charge in [-0.25, -0.2) is 0 Å². The lowest BCUT2D eigenvalue weighted by molar-refractivity contribution is -0.112. The lowest BCUT2D eigenvalue weighted by Gasteiger charge is -2.12. The van der Waals surface area contributed by atoms with Crippen molar-refractivity contribution in [3.8, 4) is 23.3 Å². The van der Waals surface area contributed by atoms with Crippen LogP contribution in [0.1, 0.15) is 22.3 Å². The molecule has 6 heteroatoms. The third-order valence-corrected chi connectivity index (χ3v) is 5.72. The van der Waals surface area contributed by atoms with E-state index in [4.69, 9.17) is 14.2 Å². The fraction of sp³-hybridized carbons (Fsp3) is 0.125. The monoisotopic (exact) mass is 504 g/mol. The highest BCUT2D eigenvalue weighted by atomic mass is 16.5. The molecule has 38 heavy (non-hydrogen) atoms. The van der Waals surface area contributed by atoms with Crippen LogP contribution in [0, 0.1) is 18.3 Å². The molecule has 0 unspecified atom stereocenters. The number of nitrogens with zero attached hydrogens (tertiary/aromatic N) is 1. The zero-order valence-electron chi connectivity index (χ0n) is 21.3. The summed E-state index contributed by atoms with van der Waals surface area (Å²) in [6.45, 7) is 2.80. The van der Waals surface area contributed by atoms with Gasteiger partial charge in [-0.3, -0.25) is 4.79 Å². The van der Waals surface area contributed by atoms with Gasteiger partial charge < -0.3 is 19.5 Å². The van der Waals surface area contributed by atoms with Crippen LogP contribution in [0.3, 0.4) is 0 Å². The standard InChI is InChI=1S/C32H28N2O4/c1-23-7-6-10-25(17-23)22-38-31-19-30(36-2)14-11-26(31)18-27(20-33)32(35)34-28-12-15-29(16-13-28)37-21-24-8-4-3-5-9-24/h3-19H,21-22H2,1-2H3,(H,34,35)/b27-18+. The predicted octanol–water partition coefficient (Wildman–Crippen LogP) is 6.71. The van der Waals surface area contributed by atoms with Gasteiger partial charge in [0.1, 0.15) is 42.1 Å². The van der Waals surface area contributed by atoms with Crippen LogP contribution in [0.2, 0.25) is 0 Å². The smallest absolute Gasteiger partial charge is 0.266 e. The Kier molecular flexibility index (Phi) is 8.77. The molecule has 0 saturated heterocycles. The molecule has 1 amide bonds. The number of carbonyl (C=O) groups is 1. The highest BCUT2D eigenvalue weighted by Gasteiger charge is 2.13. The van der Waals surface area contributed by atoms with Gasteiger partial charge in [0.05, 0.1) is 7.11 Å². The zero-order chi connectivity index (χ0) is 26.7. The molecule has 0 aliphatic heterocycles. The van der Waals surface area contributed by atoms with Gasteiger partial charge in [-0.1, -0.05) is 60.2 Å². The largest absolute Gasteiger partial charge is 0.497 e. The first-order valence-corrected chi connectivity index (χ1v) is 12.1. The Bertz CT molecular complexity index is 1460. The maximum atomic E-state index is 12.9. The van der Waals surface area contributed by atoms with E-state index in [1.165, 1.54) is 6.08 Å². The third kappa shape index (κ3) is 7.25. The van der Waals surface area contributed by atoms with Crippen LogP contribution in [0.15, 0.2) is 103 Å². The Labute approximate surface area is 222 Å². The molecule has 0 fully saturated rings. The molecule has 4 aromatic carbocycles. The second kappa shape index (κ2) is 12.8. The Balaban J connectivity index is 1.45. The molecule has 4 aromatic rings. The summed E-state index contributed by atoms with van der Waals surface area (Å²) in [7, 11) is 1.57. The summed E-state index contributed by atoms with van der Waals surface area (Å²) < 4.78 is 17.2. The molecule has 0 bridgehead atoms. The number of nitriles is 1. The van der Waals surface area contributed by atoms with E-state index in [0.29, 0.717) is 41.7 Å². The summed E-state index contributed by atoms with van der Waals surface area (Å²) in [6, 6.07) is 32.1. The molecule has 0 saturated carbocycles. The van der Waals surface area contributed by atoms with Crippen LogP contribution in [-0.4, -0.2) is 13.0 Å². The van der Waals surface area contributed by atoms with E-state index in [0.717, 1.165) is 16.7 Å². The summed E-state index contributed by atoms with van der Waals surface area (Å²) in [5, 5.41) is 12.5. The zero-order valence-corrected chi connectivity index (χ0v) is 21.3. The lowest BCUT2D eigenvalue weighted by atomic mass is 10.1. The van der Waals surface area contributed by atoms with Gasteiger partial charge in [-0.2, -0.15) is 5.26 Å². The molecular weight excluding hydrogens is 476 g/mol. The number of rotatable bonds is 10. The minimum absolute atomic E-state index is 0.0556. The summed E-state index contributed by atoms with van der Waals surface area (Å²) in [5.74, 6) is 1.27. The van der Waals surface area contributed by atoms with Crippen LogP contribution < -0.4 is 19.5 Å². The number of benzene rings is 4. The van der Waals surface area contributed by atoms with Gasteiger partial charge in [0.25, 0.3) is 5.91 Å². The van der Waals surface area contributed by atoms with Crippen LogP contribution >= 0.6 is 0 Å². The van der Waals surface area contributed by atoms with Crippen LogP contribution in [0.4, 0.5) is 5.69 Å². The molecule has 0 spiro atoms. The van der Waals surface area contributed by atoms with Gasteiger partial charge >= 0.3 is 0 Å². The highest BCUT2D eigenvalue weighted by molar-refractivity contribution is 6.09. The van der Waals surface area contributed by atoms with Gasteiger partial charge in [0.15, 0.2) is 0 Å². The number of anilines is 1. The van der Waals surface area contributed by atoms with E-state index in [2.05, 4.69) is 5.32 Å². The fourth-order valence-corrected chi connectivity index (χ4v) is 3.73. The summed E-state index contributed by atoms with van der Waals surface area (Å²) in [5.41, 5.74) is 4.30. The van der Waals surface area contributed by atoms with E-state index < -0.39 is 5.91 Å². The van der Waals surface area contributed by atoms with Crippen molar-refractivity contribution in [2.24, 2.45) is 0 Å². The summed E-state index contributed by atoms with van der Waals surface area (Å²) >= 11 is 0. The minimum Gasteiger partial charge on any atom is -0.497 e. The van der Waals surface area contributed by atoms with Gasteiger partial charge in [0, 0.05) is 17.3 Å². The normalized spacial score (nSPS) is 10.8. The predicted molar refractivity (Wildman–Crippen MR) is 148 cm³/mol. The minimum atomic E-state index is -0.522. The summed E-state index contributed by atoms with van der Waals surface area (Å²) in [4.78, 5) is 12.9. The quantitative estimate of drug-likeness (QED) is 0.192. The number of nitrogens with one attached hydrogen (secondary N) is 1. The first-order valence-electron chi connectivity index (χ1n) is 12.1. The molecule has 0 atom stereocenters. The van der Waals surface area contributed by atoms with E-state index in [1.807, 2.05) is 67.6 Å². The first kappa shape index (κ1) is 26.1. The van der Waals surface area contributed by atoms with Crippen molar-refractivity contribution in [3.63, 3.8) is 0 Å². The summed E-state index contributed by atoms with van der Waals surface area (Å²) in [6.07, 6.45) is 1.51.